The number of hydrogen-bond acceptors (Lipinski definition) is 5. The molecule has 2 aromatic carbocycles. The quantitative estimate of drug-likeness (QED) is 0.615. The van der Waals surface area contributed by atoms with Gasteiger partial charge >= 0.3 is 0 Å². The van der Waals surface area contributed by atoms with Gasteiger partial charge in [0.1, 0.15) is 0 Å². The molecule has 9 heteroatoms. The fourth-order valence-corrected chi connectivity index (χ4v) is 4.73. The van der Waals surface area contributed by atoms with Crippen LogP contribution in [0.15, 0.2) is 36.4 Å². The van der Waals surface area contributed by atoms with E-state index in [0.29, 0.717) is 36.4 Å². The van der Waals surface area contributed by atoms with Crippen LogP contribution in [-0.4, -0.2) is 25.6 Å². The number of nitrogens with zero attached hydrogens (tertiary/aromatic N) is 2. The summed E-state index contributed by atoms with van der Waals surface area (Å²) in [5.74, 6) is 0.174. The van der Waals surface area contributed by atoms with Gasteiger partial charge in [-0.1, -0.05) is 23.7 Å². The molecule has 0 amide bonds. The first-order chi connectivity index (χ1) is 12.3. The molecule has 0 saturated carbocycles. The van der Waals surface area contributed by atoms with Crippen LogP contribution in [0.25, 0.3) is 0 Å². The minimum absolute atomic E-state index is 0.0261. The molecule has 0 unspecified atom stereocenters. The largest absolute Gasteiger partial charge is 0.380 e. The monoisotopic (exact) mass is 395 g/mol. The number of nitrogens with one attached hydrogen (secondary N) is 1. The standard InChI is InChI=1S/C17H18ClN3O4S/c1-12-8-16(15(18)10-17(12)21(22)23)19-11-13-4-2-5-14(9-13)20-6-3-7-26(20,24)25/h2,4-5,8-10,19H,3,6-7,11H2,1H3. The van der Waals surface area contributed by atoms with E-state index < -0.39 is 14.9 Å². The average Bonchev–Trinajstić information content (AvgIpc) is 2.94. The molecule has 138 valence electrons. The fraction of sp³-hybridized carbons (Fsp3) is 0.294. The Morgan fingerprint density at radius 2 is 2.08 bits per heavy atom. The number of anilines is 2. The smallest absolute Gasteiger partial charge is 0.273 e. The van der Waals surface area contributed by atoms with Crippen molar-refractivity contribution < 1.29 is 13.3 Å². The number of hydrogen-bond donors (Lipinski definition) is 1. The summed E-state index contributed by atoms with van der Waals surface area (Å²) in [4.78, 5) is 10.5. The predicted molar refractivity (Wildman–Crippen MR) is 102 cm³/mol. The first kappa shape index (κ1) is 18.5. The van der Waals surface area contributed by atoms with Crippen LogP contribution < -0.4 is 9.62 Å². The average molecular weight is 396 g/mol. The molecule has 7 nitrogen and oxygen atoms in total. The van der Waals surface area contributed by atoms with Crippen LogP contribution in [0.1, 0.15) is 17.5 Å². The van der Waals surface area contributed by atoms with Crippen molar-refractivity contribution in [3.8, 4) is 0 Å². The molecule has 0 aliphatic carbocycles. The van der Waals surface area contributed by atoms with Gasteiger partial charge in [0.05, 0.1) is 27.1 Å². The van der Waals surface area contributed by atoms with Crippen LogP contribution in [0.3, 0.4) is 0 Å². The second kappa shape index (κ2) is 7.13. The zero-order valence-electron chi connectivity index (χ0n) is 14.1. The Labute approximate surface area is 156 Å². The van der Waals surface area contributed by atoms with Crippen molar-refractivity contribution in [2.75, 3.05) is 21.9 Å². The summed E-state index contributed by atoms with van der Waals surface area (Å²) in [6.07, 6.45) is 0.627. The van der Waals surface area contributed by atoms with Crippen LogP contribution in [0, 0.1) is 17.0 Å². The maximum atomic E-state index is 12.1. The van der Waals surface area contributed by atoms with Crippen molar-refractivity contribution in [3.05, 3.63) is 62.7 Å². The lowest BCUT2D eigenvalue weighted by Crippen LogP contribution is -2.25. The summed E-state index contributed by atoms with van der Waals surface area (Å²) in [6, 6.07) is 10.2. The molecule has 3 rings (SSSR count). The molecular weight excluding hydrogens is 378 g/mol. The first-order valence-corrected chi connectivity index (χ1v) is 10.0. The van der Waals surface area contributed by atoms with E-state index in [1.807, 2.05) is 18.2 Å². The molecule has 0 spiro atoms. The molecule has 1 aliphatic heterocycles. The first-order valence-electron chi connectivity index (χ1n) is 8.06. The number of rotatable bonds is 5. The zero-order valence-corrected chi connectivity index (χ0v) is 15.7. The van der Waals surface area contributed by atoms with Gasteiger partial charge in [-0.2, -0.15) is 0 Å². The molecule has 1 saturated heterocycles. The van der Waals surface area contributed by atoms with Gasteiger partial charge in [0.2, 0.25) is 10.0 Å². The molecule has 1 heterocycles. The lowest BCUT2D eigenvalue weighted by Gasteiger charge is -2.18. The molecule has 0 aromatic heterocycles. The minimum atomic E-state index is -3.22. The Kier molecular flexibility index (Phi) is 5.06. The van der Waals surface area contributed by atoms with Crippen molar-refractivity contribution in [1.29, 1.82) is 0 Å². The topological polar surface area (TPSA) is 92.6 Å². The summed E-state index contributed by atoms with van der Waals surface area (Å²) < 4.78 is 25.5. The van der Waals surface area contributed by atoms with E-state index in [1.54, 1.807) is 19.1 Å². The molecular formula is C17H18ClN3O4S. The lowest BCUT2D eigenvalue weighted by atomic mass is 10.1. The molecule has 1 fully saturated rings. The molecule has 0 bridgehead atoms. The second-order valence-corrected chi connectivity index (χ2v) is 8.56. The Bertz CT molecular complexity index is 962. The molecule has 2 aromatic rings. The van der Waals surface area contributed by atoms with Crippen LogP contribution in [0.5, 0.6) is 0 Å². The van der Waals surface area contributed by atoms with Gasteiger partial charge < -0.3 is 5.32 Å². The number of halogens is 1. The van der Waals surface area contributed by atoms with Gasteiger partial charge in [-0.3, -0.25) is 14.4 Å². The van der Waals surface area contributed by atoms with Gasteiger partial charge in [-0.25, -0.2) is 8.42 Å². The van der Waals surface area contributed by atoms with E-state index in [4.69, 9.17) is 11.6 Å². The van der Waals surface area contributed by atoms with Gasteiger partial charge in [-0.05, 0) is 37.1 Å². The highest BCUT2D eigenvalue weighted by Crippen LogP contribution is 2.31. The summed E-state index contributed by atoms with van der Waals surface area (Å²) >= 11 is 6.13. The number of benzene rings is 2. The van der Waals surface area contributed by atoms with Crippen molar-refractivity contribution >= 4 is 38.7 Å². The van der Waals surface area contributed by atoms with E-state index in [2.05, 4.69) is 5.32 Å². The predicted octanol–water partition coefficient (Wildman–Crippen LogP) is 3.71. The Balaban J connectivity index is 1.78. The molecule has 26 heavy (non-hydrogen) atoms. The summed E-state index contributed by atoms with van der Waals surface area (Å²) in [5, 5.41) is 14.4. The molecule has 1 N–H and O–H groups in total. The van der Waals surface area contributed by atoms with Crippen molar-refractivity contribution in [2.24, 2.45) is 0 Å². The van der Waals surface area contributed by atoms with Crippen LogP contribution in [0.2, 0.25) is 5.02 Å². The third-order valence-electron chi connectivity index (χ3n) is 4.26. The molecule has 1 aliphatic rings. The van der Waals surface area contributed by atoms with Gasteiger partial charge in [0.25, 0.3) is 5.69 Å². The Morgan fingerprint density at radius 3 is 2.73 bits per heavy atom. The third kappa shape index (κ3) is 3.76. The van der Waals surface area contributed by atoms with Crippen molar-refractivity contribution in [3.63, 3.8) is 0 Å². The Hall–Kier alpha value is -2.32. The minimum Gasteiger partial charge on any atom is -0.380 e. The van der Waals surface area contributed by atoms with E-state index in [1.165, 1.54) is 10.4 Å². The highest BCUT2D eigenvalue weighted by Gasteiger charge is 2.28. The van der Waals surface area contributed by atoms with E-state index in [-0.39, 0.29) is 16.5 Å². The normalized spacial score (nSPS) is 15.8. The fourth-order valence-electron chi connectivity index (χ4n) is 2.95. The highest BCUT2D eigenvalue weighted by atomic mass is 35.5. The zero-order chi connectivity index (χ0) is 18.9. The van der Waals surface area contributed by atoms with E-state index in [9.17, 15) is 18.5 Å². The lowest BCUT2D eigenvalue weighted by molar-refractivity contribution is -0.385. The van der Waals surface area contributed by atoms with E-state index >= 15 is 0 Å². The van der Waals surface area contributed by atoms with E-state index in [0.717, 1.165) is 5.56 Å². The van der Waals surface area contributed by atoms with Crippen LogP contribution in [0.4, 0.5) is 17.1 Å². The summed E-state index contributed by atoms with van der Waals surface area (Å²) in [6.45, 7) is 2.56. The number of nitro benzene ring substituents is 1. The Morgan fingerprint density at radius 1 is 1.31 bits per heavy atom. The third-order valence-corrected chi connectivity index (χ3v) is 6.45. The van der Waals surface area contributed by atoms with Crippen LogP contribution in [-0.2, 0) is 16.6 Å². The maximum absolute atomic E-state index is 12.1. The van der Waals surface area contributed by atoms with Gasteiger partial charge in [-0.15, -0.1) is 0 Å². The highest BCUT2D eigenvalue weighted by molar-refractivity contribution is 7.93. The van der Waals surface area contributed by atoms with Gasteiger partial charge in [0, 0.05) is 24.7 Å². The number of sulfonamides is 1. The molecule has 0 radical (unpaired) electrons. The van der Waals surface area contributed by atoms with Crippen molar-refractivity contribution in [1.82, 2.24) is 0 Å². The van der Waals surface area contributed by atoms with Crippen LogP contribution >= 0.6 is 11.6 Å². The summed E-state index contributed by atoms with van der Waals surface area (Å²) in [5.41, 5.74) is 2.61. The SMILES string of the molecule is Cc1cc(NCc2cccc(N3CCCS3(=O)=O)c2)c(Cl)cc1[N+](=O)[O-]. The maximum Gasteiger partial charge on any atom is 0.273 e. The molecule has 0 atom stereocenters. The second-order valence-electron chi connectivity index (χ2n) is 6.14. The van der Waals surface area contributed by atoms with Crippen molar-refractivity contribution in [2.45, 2.75) is 19.9 Å². The number of aryl methyl sites for hydroxylation is 1. The summed E-state index contributed by atoms with van der Waals surface area (Å²) in [7, 11) is -3.22. The van der Waals surface area contributed by atoms with Gasteiger partial charge in [0.15, 0.2) is 0 Å². The number of nitro groups is 1.